The fourth-order valence-electron chi connectivity index (χ4n) is 2.66. The summed E-state index contributed by atoms with van der Waals surface area (Å²) in [5.74, 6) is 0.124. The Hall–Kier alpha value is -2.35. The van der Waals surface area contributed by atoms with Crippen molar-refractivity contribution in [3.63, 3.8) is 0 Å². The Balaban J connectivity index is 1.78. The molecule has 5 heteroatoms. The lowest BCUT2D eigenvalue weighted by Gasteiger charge is -2.21. The minimum Gasteiger partial charge on any atom is -0.323 e. The van der Waals surface area contributed by atoms with Crippen molar-refractivity contribution in [1.82, 2.24) is 10.2 Å². The highest BCUT2D eigenvalue weighted by molar-refractivity contribution is 6.07. The van der Waals surface area contributed by atoms with E-state index in [4.69, 9.17) is 5.26 Å². The Kier molecular flexibility index (Phi) is 2.75. The van der Waals surface area contributed by atoms with Gasteiger partial charge in [-0.2, -0.15) is 5.26 Å². The van der Waals surface area contributed by atoms with Crippen molar-refractivity contribution in [3.8, 4) is 6.07 Å². The summed E-state index contributed by atoms with van der Waals surface area (Å²) in [7, 11) is 0. The third-order valence-electron chi connectivity index (χ3n) is 4.12. The molecule has 1 heterocycles. The van der Waals surface area contributed by atoms with Crippen LogP contribution >= 0.6 is 0 Å². The van der Waals surface area contributed by atoms with E-state index >= 15 is 0 Å². The molecular formula is C15H15N3O2. The van der Waals surface area contributed by atoms with E-state index in [0.29, 0.717) is 5.56 Å². The topological polar surface area (TPSA) is 73.2 Å². The standard InChI is InChI=1S/C15H15N3O2/c1-15(12-6-7-12)13(19)18(14(20)17-15)9-11-4-2-10(8-16)3-5-11/h2-5,12H,6-7,9H2,1H3,(H,17,20)/t15-/m0/s1. The van der Waals surface area contributed by atoms with Gasteiger partial charge in [-0.15, -0.1) is 0 Å². The summed E-state index contributed by atoms with van der Waals surface area (Å²) in [5, 5.41) is 11.6. The monoisotopic (exact) mass is 269 g/mol. The average Bonchev–Trinajstić information content (AvgIpc) is 3.26. The summed E-state index contributed by atoms with van der Waals surface area (Å²) < 4.78 is 0. The van der Waals surface area contributed by atoms with E-state index in [1.165, 1.54) is 4.90 Å². The van der Waals surface area contributed by atoms with Gasteiger partial charge in [-0.1, -0.05) is 12.1 Å². The first-order valence-corrected chi connectivity index (χ1v) is 6.68. The van der Waals surface area contributed by atoms with Crippen molar-refractivity contribution < 1.29 is 9.59 Å². The molecule has 1 aromatic carbocycles. The van der Waals surface area contributed by atoms with Gasteiger partial charge in [-0.05, 0) is 43.4 Å². The maximum absolute atomic E-state index is 12.4. The van der Waals surface area contributed by atoms with Crippen LogP contribution in [0.15, 0.2) is 24.3 Å². The molecule has 3 amide bonds. The summed E-state index contributed by atoms with van der Waals surface area (Å²) in [5.41, 5.74) is 0.672. The highest BCUT2D eigenvalue weighted by Crippen LogP contribution is 2.42. The smallest absolute Gasteiger partial charge is 0.323 e. The van der Waals surface area contributed by atoms with Crippen LogP contribution in [0.5, 0.6) is 0 Å². The van der Waals surface area contributed by atoms with Crippen LogP contribution < -0.4 is 5.32 Å². The molecule has 1 atom stereocenters. The number of benzene rings is 1. The number of hydrogen-bond donors (Lipinski definition) is 1. The molecule has 3 rings (SSSR count). The van der Waals surface area contributed by atoms with Crippen molar-refractivity contribution in [2.24, 2.45) is 5.92 Å². The van der Waals surface area contributed by atoms with E-state index in [9.17, 15) is 9.59 Å². The number of amides is 3. The maximum atomic E-state index is 12.4. The second-order valence-electron chi connectivity index (χ2n) is 5.61. The molecule has 1 saturated heterocycles. The molecule has 5 nitrogen and oxygen atoms in total. The molecule has 0 spiro atoms. The van der Waals surface area contributed by atoms with Gasteiger partial charge < -0.3 is 5.32 Å². The second kappa shape index (κ2) is 4.34. The fourth-order valence-corrected chi connectivity index (χ4v) is 2.66. The number of hydrogen-bond acceptors (Lipinski definition) is 3. The number of carbonyl (C=O) groups excluding carboxylic acids is 2. The number of nitriles is 1. The van der Waals surface area contributed by atoms with E-state index in [2.05, 4.69) is 5.32 Å². The van der Waals surface area contributed by atoms with Crippen molar-refractivity contribution in [3.05, 3.63) is 35.4 Å². The van der Waals surface area contributed by atoms with Crippen molar-refractivity contribution in [2.45, 2.75) is 31.8 Å². The lowest BCUT2D eigenvalue weighted by Crippen LogP contribution is -2.46. The molecule has 0 radical (unpaired) electrons. The molecule has 1 aromatic rings. The number of nitrogens with zero attached hydrogens (tertiary/aromatic N) is 2. The summed E-state index contributed by atoms with van der Waals surface area (Å²) in [4.78, 5) is 25.7. The van der Waals surface area contributed by atoms with E-state index in [-0.39, 0.29) is 24.4 Å². The summed E-state index contributed by atoms with van der Waals surface area (Å²) in [6.45, 7) is 2.06. The van der Waals surface area contributed by atoms with Crippen LogP contribution in [0, 0.1) is 17.2 Å². The quantitative estimate of drug-likeness (QED) is 0.850. The largest absolute Gasteiger partial charge is 0.325 e. The van der Waals surface area contributed by atoms with Crippen molar-refractivity contribution in [1.29, 1.82) is 5.26 Å². The first-order chi connectivity index (χ1) is 9.54. The van der Waals surface area contributed by atoms with Gasteiger partial charge in [-0.3, -0.25) is 9.69 Å². The van der Waals surface area contributed by atoms with E-state index in [0.717, 1.165) is 18.4 Å². The van der Waals surface area contributed by atoms with Crippen molar-refractivity contribution in [2.75, 3.05) is 0 Å². The van der Waals surface area contributed by atoms with Crippen LogP contribution in [0.3, 0.4) is 0 Å². The molecule has 0 aromatic heterocycles. The normalized spacial score (nSPS) is 25.5. The number of carbonyl (C=O) groups is 2. The van der Waals surface area contributed by atoms with Crippen molar-refractivity contribution >= 4 is 11.9 Å². The van der Waals surface area contributed by atoms with Gasteiger partial charge in [0.1, 0.15) is 5.54 Å². The predicted octanol–water partition coefficient (Wildman–Crippen LogP) is 1.78. The summed E-state index contributed by atoms with van der Waals surface area (Å²) >= 11 is 0. The molecule has 2 aliphatic rings. The van der Waals surface area contributed by atoms with Gasteiger partial charge in [-0.25, -0.2) is 4.79 Å². The molecule has 1 N–H and O–H groups in total. The molecule has 0 bridgehead atoms. The maximum Gasteiger partial charge on any atom is 0.325 e. The minimum atomic E-state index is -0.732. The van der Waals surface area contributed by atoms with E-state index in [1.54, 1.807) is 24.3 Å². The SMILES string of the molecule is C[C@@]1(C2CC2)NC(=O)N(Cc2ccc(C#N)cc2)C1=O. The molecule has 1 saturated carbocycles. The molecule has 20 heavy (non-hydrogen) atoms. The highest BCUT2D eigenvalue weighted by atomic mass is 16.2. The van der Waals surface area contributed by atoms with Gasteiger partial charge in [0.25, 0.3) is 5.91 Å². The first-order valence-electron chi connectivity index (χ1n) is 6.68. The Morgan fingerprint density at radius 2 is 2.00 bits per heavy atom. The number of nitrogens with one attached hydrogen (secondary N) is 1. The van der Waals surface area contributed by atoms with Crippen LogP contribution in [0.4, 0.5) is 4.79 Å². The van der Waals surface area contributed by atoms with Gasteiger partial charge in [0.2, 0.25) is 0 Å². The van der Waals surface area contributed by atoms with Crippen LogP contribution in [0.2, 0.25) is 0 Å². The molecule has 102 valence electrons. The Morgan fingerprint density at radius 3 is 2.55 bits per heavy atom. The Morgan fingerprint density at radius 1 is 1.35 bits per heavy atom. The predicted molar refractivity (Wildman–Crippen MR) is 71.4 cm³/mol. The van der Waals surface area contributed by atoms with Gasteiger partial charge in [0, 0.05) is 0 Å². The van der Waals surface area contributed by atoms with E-state index in [1.807, 2.05) is 13.0 Å². The molecular weight excluding hydrogens is 254 g/mol. The first kappa shape index (κ1) is 12.7. The molecule has 0 unspecified atom stereocenters. The third kappa shape index (κ3) is 1.94. The van der Waals surface area contributed by atoms with Crippen LogP contribution in [0.1, 0.15) is 30.9 Å². The summed E-state index contributed by atoms with van der Waals surface area (Å²) in [6.07, 6.45) is 1.99. The second-order valence-corrected chi connectivity index (χ2v) is 5.61. The number of urea groups is 1. The molecule has 1 aliphatic heterocycles. The number of rotatable bonds is 3. The summed E-state index contributed by atoms with van der Waals surface area (Å²) in [6, 6.07) is 8.63. The van der Waals surface area contributed by atoms with Crippen LogP contribution in [0.25, 0.3) is 0 Å². The van der Waals surface area contributed by atoms with Gasteiger partial charge in [0.05, 0.1) is 18.2 Å². The minimum absolute atomic E-state index is 0.144. The zero-order valence-electron chi connectivity index (χ0n) is 11.2. The van der Waals surface area contributed by atoms with Gasteiger partial charge >= 0.3 is 6.03 Å². The average molecular weight is 269 g/mol. The third-order valence-corrected chi connectivity index (χ3v) is 4.12. The molecule has 2 fully saturated rings. The van der Waals surface area contributed by atoms with Gasteiger partial charge in [0.15, 0.2) is 0 Å². The molecule has 1 aliphatic carbocycles. The Labute approximate surface area is 117 Å². The highest BCUT2D eigenvalue weighted by Gasteiger charge is 2.55. The lowest BCUT2D eigenvalue weighted by molar-refractivity contribution is -0.131. The number of imide groups is 1. The van der Waals surface area contributed by atoms with E-state index < -0.39 is 5.54 Å². The van der Waals surface area contributed by atoms with Crippen LogP contribution in [-0.4, -0.2) is 22.4 Å². The Bertz CT molecular complexity index is 613. The fraction of sp³-hybridized carbons (Fsp3) is 0.400. The lowest BCUT2D eigenvalue weighted by atomic mass is 9.96. The van der Waals surface area contributed by atoms with Crippen LogP contribution in [-0.2, 0) is 11.3 Å². The zero-order chi connectivity index (χ0) is 14.3. The zero-order valence-corrected chi connectivity index (χ0v) is 11.2.